The molecule has 4 aromatic carbocycles. The summed E-state index contributed by atoms with van der Waals surface area (Å²) in [7, 11) is 1.70. The Morgan fingerprint density at radius 2 is 1.33 bits per heavy atom. The fourth-order valence-corrected chi connectivity index (χ4v) is 4.99. The number of carbonyl (C=O) groups excluding carboxylic acids is 3. The van der Waals surface area contributed by atoms with Crippen molar-refractivity contribution < 1.29 is 23.2 Å². The van der Waals surface area contributed by atoms with Gasteiger partial charge in [-0.2, -0.15) is 0 Å². The number of hydrogen-bond donors (Lipinski definition) is 1. The third-order valence-electron chi connectivity index (χ3n) is 7.22. The molecule has 1 saturated heterocycles. The lowest BCUT2D eigenvalue weighted by Crippen LogP contribution is -2.49. The normalized spacial score (nSPS) is 13.0. The monoisotopic (exact) mass is 568 g/mol. The number of rotatable bonds is 7. The molecule has 0 unspecified atom stereocenters. The number of benzene rings is 4. The van der Waals surface area contributed by atoms with E-state index in [1.165, 1.54) is 30.3 Å². The Morgan fingerprint density at radius 1 is 0.738 bits per heavy atom. The van der Waals surface area contributed by atoms with Crippen LogP contribution in [-0.2, 0) is 6.54 Å². The molecule has 4 aromatic rings. The zero-order valence-corrected chi connectivity index (χ0v) is 23.1. The number of piperazine rings is 1. The first-order chi connectivity index (χ1) is 20.3. The zero-order valence-electron chi connectivity index (χ0n) is 23.1. The van der Waals surface area contributed by atoms with Crippen LogP contribution in [0.1, 0.15) is 36.6 Å². The van der Waals surface area contributed by atoms with E-state index in [9.17, 15) is 23.2 Å². The number of hydrogen-bond acceptors (Lipinski definition) is 4. The standard InChI is InChI=1S/C33H30F2N4O3/c1-37(22-23-9-3-2-4-10-23)32(41)27-21-24(36-31(40)25-11-5-7-13-28(25)34)15-16-30(27)38-17-19-39(20-18-38)33(42)26-12-6-8-14-29(26)35/h2-16,21H,17-20,22H2,1H3,(H,36,40). The summed E-state index contributed by atoms with van der Waals surface area (Å²) < 4.78 is 28.4. The van der Waals surface area contributed by atoms with Gasteiger partial charge in [0, 0.05) is 51.1 Å². The van der Waals surface area contributed by atoms with Gasteiger partial charge in [-0.05, 0) is 48.0 Å². The van der Waals surface area contributed by atoms with Crippen LogP contribution in [0.2, 0.25) is 0 Å². The van der Waals surface area contributed by atoms with Crippen molar-refractivity contribution in [2.24, 2.45) is 0 Å². The highest BCUT2D eigenvalue weighted by atomic mass is 19.1. The van der Waals surface area contributed by atoms with E-state index in [2.05, 4.69) is 5.32 Å². The zero-order chi connectivity index (χ0) is 29.6. The van der Waals surface area contributed by atoms with Crippen LogP contribution in [0.25, 0.3) is 0 Å². The Balaban J connectivity index is 1.39. The van der Waals surface area contributed by atoms with Gasteiger partial charge in [0.25, 0.3) is 17.7 Å². The van der Waals surface area contributed by atoms with Crippen molar-refractivity contribution in [3.8, 4) is 0 Å². The molecule has 1 fully saturated rings. The maximum Gasteiger partial charge on any atom is 0.258 e. The Labute approximate surface area is 243 Å². The van der Waals surface area contributed by atoms with E-state index in [-0.39, 0.29) is 22.9 Å². The molecule has 0 saturated carbocycles. The fraction of sp³-hybridized carbons (Fsp3) is 0.182. The Morgan fingerprint density at radius 3 is 1.98 bits per heavy atom. The second-order valence-corrected chi connectivity index (χ2v) is 10.1. The van der Waals surface area contributed by atoms with E-state index in [1.54, 1.807) is 53.2 Å². The van der Waals surface area contributed by atoms with Crippen LogP contribution < -0.4 is 10.2 Å². The topological polar surface area (TPSA) is 73.0 Å². The van der Waals surface area contributed by atoms with Crippen LogP contribution >= 0.6 is 0 Å². The second kappa shape index (κ2) is 12.6. The van der Waals surface area contributed by atoms with Crippen molar-refractivity contribution in [3.05, 3.63) is 131 Å². The van der Waals surface area contributed by atoms with E-state index in [1.807, 2.05) is 35.2 Å². The lowest BCUT2D eigenvalue weighted by molar-refractivity contribution is 0.0738. The molecule has 1 aliphatic heterocycles. The van der Waals surface area contributed by atoms with Gasteiger partial charge in [0.05, 0.1) is 16.7 Å². The SMILES string of the molecule is CN(Cc1ccccc1)C(=O)c1cc(NC(=O)c2ccccc2F)ccc1N1CCN(C(=O)c2ccccc2F)CC1. The van der Waals surface area contributed by atoms with Crippen LogP contribution in [0.15, 0.2) is 97.1 Å². The molecule has 0 aromatic heterocycles. The van der Waals surface area contributed by atoms with Gasteiger partial charge in [0.1, 0.15) is 11.6 Å². The first-order valence-electron chi connectivity index (χ1n) is 13.6. The molecule has 3 amide bonds. The van der Waals surface area contributed by atoms with E-state index >= 15 is 0 Å². The van der Waals surface area contributed by atoms with Crippen LogP contribution in [0.3, 0.4) is 0 Å². The second-order valence-electron chi connectivity index (χ2n) is 10.1. The molecule has 0 atom stereocenters. The van der Waals surface area contributed by atoms with Gasteiger partial charge in [-0.15, -0.1) is 0 Å². The number of nitrogens with zero attached hydrogens (tertiary/aromatic N) is 3. The molecule has 42 heavy (non-hydrogen) atoms. The number of nitrogens with one attached hydrogen (secondary N) is 1. The molecule has 0 radical (unpaired) electrons. The van der Waals surface area contributed by atoms with Gasteiger partial charge >= 0.3 is 0 Å². The molecular formula is C33H30F2N4O3. The predicted molar refractivity (Wildman–Crippen MR) is 158 cm³/mol. The van der Waals surface area contributed by atoms with Crippen LogP contribution in [0, 0.1) is 11.6 Å². The average molecular weight is 569 g/mol. The minimum atomic E-state index is -0.645. The third kappa shape index (κ3) is 6.30. The van der Waals surface area contributed by atoms with Crippen LogP contribution in [-0.4, -0.2) is 60.7 Å². The maximum atomic E-state index is 14.2. The van der Waals surface area contributed by atoms with E-state index in [0.29, 0.717) is 49.7 Å². The third-order valence-corrected chi connectivity index (χ3v) is 7.22. The Hall–Kier alpha value is -5.05. The van der Waals surface area contributed by atoms with Crippen molar-refractivity contribution in [1.82, 2.24) is 9.80 Å². The molecule has 0 aliphatic carbocycles. The first-order valence-corrected chi connectivity index (χ1v) is 13.6. The van der Waals surface area contributed by atoms with Gasteiger partial charge in [-0.3, -0.25) is 14.4 Å². The molecule has 1 aliphatic rings. The fourth-order valence-electron chi connectivity index (χ4n) is 4.99. The average Bonchev–Trinajstić information content (AvgIpc) is 3.01. The molecule has 0 bridgehead atoms. The van der Waals surface area contributed by atoms with E-state index < -0.39 is 17.5 Å². The molecule has 1 heterocycles. The van der Waals surface area contributed by atoms with Crippen LogP contribution in [0.5, 0.6) is 0 Å². The number of halogens is 2. The lowest BCUT2D eigenvalue weighted by Gasteiger charge is -2.37. The summed E-state index contributed by atoms with van der Waals surface area (Å²) in [5, 5.41) is 2.70. The van der Waals surface area contributed by atoms with Crippen molar-refractivity contribution >= 4 is 29.1 Å². The molecule has 5 rings (SSSR count). The number of anilines is 2. The van der Waals surface area contributed by atoms with Crippen molar-refractivity contribution in [1.29, 1.82) is 0 Å². The number of amides is 3. The smallest absolute Gasteiger partial charge is 0.258 e. The first kappa shape index (κ1) is 28.5. The van der Waals surface area contributed by atoms with Gasteiger partial charge in [-0.1, -0.05) is 54.6 Å². The summed E-state index contributed by atoms with van der Waals surface area (Å²) in [5.41, 5.74) is 2.22. The maximum absolute atomic E-state index is 14.2. The van der Waals surface area contributed by atoms with Crippen LogP contribution in [0.4, 0.5) is 20.2 Å². The summed E-state index contributed by atoms with van der Waals surface area (Å²) in [6, 6.07) is 26.2. The van der Waals surface area contributed by atoms with Gasteiger partial charge in [0.2, 0.25) is 0 Å². The highest BCUT2D eigenvalue weighted by molar-refractivity contribution is 6.06. The molecule has 214 valence electrons. The summed E-state index contributed by atoms with van der Waals surface area (Å²) in [5.74, 6) is -2.48. The lowest BCUT2D eigenvalue weighted by atomic mass is 10.1. The van der Waals surface area contributed by atoms with E-state index in [0.717, 1.165) is 5.56 Å². The minimum absolute atomic E-state index is 0.0271. The predicted octanol–water partition coefficient (Wildman–Crippen LogP) is 5.45. The number of carbonyl (C=O) groups is 3. The van der Waals surface area contributed by atoms with Crippen molar-refractivity contribution in [3.63, 3.8) is 0 Å². The highest BCUT2D eigenvalue weighted by Crippen LogP contribution is 2.28. The Bertz CT molecular complexity index is 1600. The Kier molecular flexibility index (Phi) is 8.57. The minimum Gasteiger partial charge on any atom is -0.367 e. The van der Waals surface area contributed by atoms with E-state index in [4.69, 9.17) is 0 Å². The molecular weight excluding hydrogens is 538 g/mol. The van der Waals surface area contributed by atoms with Gasteiger partial charge in [0.15, 0.2) is 0 Å². The van der Waals surface area contributed by atoms with Crippen molar-refractivity contribution in [2.75, 3.05) is 43.4 Å². The summed E-state index contributed by atoms with van der Waals surface area (Å²) in [6.45, 7) is 1.89. The van der Waals surface area contributed by atoms with Gasteiger partial charge in [-0.25, -0.2) is 8.78 Å². The van der Waals surface area contributed by atoms with Gasteiger partial charge < -0.3 is 20.0 Å². The molecule has 0 spiro atoms. The molecule has 9 heteroatoms. The summed E-state index contributed by atoms with van der Waals surface area (Å²) in [4.78, 5) is 44.7. The quantitative estimate of drug-likeness (QED) is 0.322. The largest absolute Gasteiger partial charge is 0.367 e. The highest BCUT2D eigenvalue weighted by Gasteiger charge is 2.27. The van der Waals surface area contributed by atoms with Crippen molar-refractivity contribution in [2.45, 2.75) is 6.54 Å². The summed E-state index contributed by atoms with van der Waals surface area (Å²) >= 11 is 0. The summed E-state index contributed by atoms with van der Waals surface area (Å²) in [6.07, 6.45) is 0. The molecule has 1 N–H and O–H groups in total. The molecule has 7 nitrogen and oxygen atoms in total.